The summed E-state index contributed by atoms with van der Waals surface area (Å²) in [5.74, 6) is -2.77. The standard InChI is InChI=1S/C21H25ClN4O8/c1-5-33-19(28)16-11(4)23-21(30)24-15(16)9-34-20(29)17(10(2)3)25-18(27)13-8-12(26(31)32)6-7-14(13)22/h6-8,10-11,17H,5,9H2,1-4H3,(H,25,27)(H2,23,24,30)/t11?,17-/m1/s1. The van der Waals surface area contributed by atoms with Crippen LogP contribution in [0.1, 0.15) is 38.1 Å². The molecule has 0 aliphatic carbocycles. The molecule has 0 spiro atoms. The topological polar surface area (TPSA) is 166 Å². The average molecular weight is 497 g/mol. The Labute approximate surface area is 200 Å². The monoisotopic (exact) mass is 496 g/mol. The molecule has 2 rings (SSSR count). The van der Waals surface area contributed by atoms with Crippen LogP contribution in [0.3, 0.4) is 0 Å². The van der Waals surface area contributed by atoms with Crippen LogP contribution in [-0.4, -0.2) is 54.1 Å². The molecule has 0 aromatic heterocycles. The number of hydrogen-bond donors (Lipinski definition) is 3. The number of nitrogens with zero attached hydrogens (tertiary/aromatic N) is 1. The van der Waals surface area contributed by atoms with Gasteiger partial charge in [0.1, 0.15) is 12.6 Å². The molecule has 2 atom stereocenters. The number of ether oxygens (including phenoxy) is 2. The highest BCUT2D eigenvalue weighted by Crippen LogP contribution is 2.22. The third-order valence-electron chi connectivity index (χ3n) is 4.84. The maximum Gasteiger partial charge on any atom is 0.338 e. The molecule has 184 valence electrons. The average Bonchev–Trinajstić information content (AvgIpc) is 2.75. The van der Waals surface area contributed by atoms with E-state index in [0.29, 0.717) is 0 Å². The number of carbonyl (C=O) groups is 4. The summed E-state index contributed by atoms with van der Waals surface area (Å²) >= 11 is 6.00. The molecule has 12 nitrogen and oxygen atoms in total. The third kappa shape index (κ3) is 6.44. The smallest absolute Gasteiger partial charge is 0.338 e. The highest BCUT2D eigenvalue weighted by molar-refractivity contribution is 6.34. The normalized spacial score (nSPS) is 16.3. The van der Waals surface area contributed by atoms with E-state index in [1.54, 1.807) is 27.7 Å². The Morgan fingerprint density at radius 3 is 2.53 bits per heavy atom. The first-order valence-electron chi connectivity index (χ1n) is 10.3. The summed E-state index contributed by atoms with van der Waals surface area (Å²) in [4.78, 5) is 59.9. The molecule has 0 fully saturated rings. The van der Waals surface area contributed by atoms with E-state index in [9.17, 15) is 29.3 Å². The number of carbonyl (C=O) groups excluding carboxylic acids is 4. The van der Waals surface area contributed by atoms with E-state index >= 15 is 0 Å². The van der Waals surface area contributed by atoms with Crippen LogP contribution in [0.5, 0.6) is 0 Å². The van der Waals surface area contributed by atoms with E-state index in [2.05, 4.69) is 16.0 Å². The zero-order chi connectivity index (χ0) is 25.6. The van der Waals surface area contributed by atoms with E-state index < -0.39 is 53.4 Å². The van der Waals surface area contributed by atoms with Crippen molar-refractivity contribution < 1.29 is 33.6 Å². The lowest BCUT2D eigenvalue weighted by atomic mass is 10.0. The molecular weight excluding hydrogens is 472 g/mol. The number of nitro benzene ring substituents is 1. The van der Waals surface area contributed by atoms with Crippen molar-refractivity contribution in [3.05, 3.63) is 50.2 Å². The molecule has 0 saturated heterocycles. The lowest BCUT2D eigenvalue weighted by Crippen LogP contribution is -2.50. The largest absolute Gasteiger partial charge is 0.463 e. The molecule has 13 heteroatoms. The number of hydrogen-bond acceptors (Lipinski definition) is 8. The van der Waals surface area contributed by atoms with Crippen LogP contribution in [0.25, 0.3) is 0 Å². The minimum atomic E-state index is -1.15. The summed E-state index contributed by atoms with van der Waals surface area (Å²) in [5, 5.41) is 18.4. The van der Waals surface area contributed by atoms with Gasteiger partial charge in [0.05, 0.1) is 39.4 Å². The van der Waals surface area contributed by atoms with Gasteiger partial charge >= 0.3 is 18.0 Å². The van der Waals surface area contributed by atoms with Crippen LogP contribution in [-0.2, 0) is 19.1 Å². The number of halogens is 1. The molecule has 1 aromatic rings. The highest BCUT2D eigenvalue weighted by Gasteiger charge is 2.32. The first-order valence-corrected chi connectivity index (χ1v) is 10.7. The van der Waals surface area contributed by atoms with Gasteiger partial charge in [-0.1, -0.05) is 25.4 Å². The van der Waals surface area contributed by atoms with Crippen molar-refractivity contribution in [2.24, 2.45) is 5.92 Å². The van der Waals surface area contributed by atoms with Gasteiger partial charge in [0.25, 0.3) is 11.6 Å². The summed E-state index contributed by atoms with van der Waals surface area (Å²) < 4.78 is 10.3. The molecule has 1 heterocycles. The van der Waals surface area contributed by atoms with Crippen LogP contribution < -0.4 is 16.0 Å². The van der Waals surface area contributed by atoms with Gasteiger partial charge in [-0.15, -0.1) is 0 Å². The Kier molecular flexibility index (Phi) is 8.96. The number of benzene rings is 1. The quantitative estimate of drug-likeness (QED) is 0.265. The first-order chi connectivity index (χ1) is 16.0. The number of esters is 2. The first kappa shape index (κ1) is 26.6. The van der Waals surface area contributed by atoms with Gasteiger partial charge in [0.2, 0.25) is 0 Å². The third-order valence-corrected chi connectivity index (χ3v) is 5.17. The summed E-state index contributed by atoms with van der Waals surface area (Å²) in [6, 6.07) is 0.948. The Morgan fingerprint density at radius 1 is 1.26 bits per heavy atom. The molecule has 3 amide bonds. The van der Waals surface area contributed by atoms with Crippen molar-refractivity contribution >= 4 is 41.2 Å². The Hall–Kier alpha value is -3.67. The lowest BCUT2D eigenvalue weighted by Gasteiger charge is -2.27. The number of nitrogens with one attached hydrogen (secondary N) is 3. The number of non-ortho nitro benzene ring substituents is 1. The molecule has 1 unspecified atom stereocenters. The van der Waals surface area contributed by atoms with Gasteiger partial charge in [-0.3, -0.25) is 14.9 Å². The van der Waals surface area contributed by atoms with Gasteiger partial charge in [-0.05, 0) is 25.8 Å². The highest BCUT2D eigenvalue weighted by atomic mass is 35.5. The second kappa shape index (κ2) is 11.5. The number of rotatable bonds is 9. The van der Waals surface area contributed by atoms with Crippen LogP contribution in [0.4, 0.5) is 10.5 Å². The Bertz CT molecular complexity index is 1040. The molecule has 1 aliphatic rings. The number of urea groups is 1. The summed E-state index contributed by atoms with van der Waals surface area (Å²) in [7, 11) is 0. The van der Waals surface area contributed by atoms with Crippen molar-refractivity contribution in [1.29, 1.82) is 0 Å². The summed E-state index contributed by atoms with van der Waals surface area (Å²) in [5.41, 5.74) is -0.366. The molecule has 34 heavy (non-hydrogen) atoms. The lowest BCUT2D eigenvalue weighted by molar-refractivity contribution is -0.384. The van der Waals surface area contributed by atoms with Crippen LogP contribution in [0, 0.1) is 16.0 Å². The minimum absolute atomic E-state index is 0.0328. The number of nitro groups is 1. The fraction of sp³-hybridized carbons (Fsp3) is 0.429. The maximum atomic E-state index is 12.8. The van der Waals surface area contributed by atoms with Crippen molar-refractivity contribution in [1.82, 2.24) is 16.0 Å². The SMILES string of the molecule is CCOC(=O)C1=C(COC(=O)[C@H](NC(=O)c2cc([N+](=O)[O-])ccc2Cl)C(C)C)NC(=O)NC1C. The molecule has 1 aromatic carbocycles. The van der Waals surface area contributed by atoms with E-state index in [1.807, 2.05) is 0 Å². The predicted molar refractivity (Wildman–Crippen MR) is 120 cm³/mol. The molecule has 0 saturated carbocycles. The van der Waals surface area contributed by atoms with Crippen molar-refractivity contribution in [3.8, 4) is 0 Å². The van der Waals surface area contributed by atoms with Crippen LogP contribution in [0.2, 0.25) is 5.02 Å². The van der Waals surface area contributed by atoms with Gasteiger partial charge in [-0.25, -0.2) is 14.4 Å². The summed E-state index contributed by atoms with van der Waals surface area (Å²) in [6.45, 7) is 6.16. The molecule has 0 radical (unpaired) electrons. The number of amides is 3. The second-order valence-corrected chi connectivity index (χ2v) is 8.06. The Morgan fingerprint density at radius 2 is 1.94 bits per heavy atom. The molecule has 3 N–H and O–H groups in total. The fourth-order valence-electron chi connectivity index (χ4n) is 3.14. The zero-order valence-electron chi connectivity index (χ0n) is 19.0. The molecule has 1 aliphatic heterocycles. The van der Waals surface area contributed by atoms with E-state index in [1.165, 1.54) is 6.07 Å². The maximum absolute atomic E-state index is 12.8. The second-order valence-electron chi connectivity index (χ2n) is 7.66. The van der Waals surface area contributed by atoms with Gasteiger partial charge < -0.3 is 25.4 Å². The molecule has 0 bridgehead atoms. The van der Waals surface area contributed by atoms with Crippen molar-refractivity contribution in [2.75, 3.05) is 13.2 Å². The van der Waals surface area contributed by atoms with E-state index in [-0.39, 0.29) is 34.2 Å². The predicted octanol–water partition coefficient (Wildman–Crippen LogP) is 2.06. The van der Waals surface area contributed by atoms with Gasteiger partial charge in [-0.2, -0.15) is 0 Å². The zero-order valence-corrected chi connectivity index (χ0v) is 19.7. The fourth-order valence-corrected chi connectivity index (χ4v) is 3.35. The van der Waals surface area contributed by atoms with E-state index in [0.717, 1.165) is 12.1 Å². The minimum Gasteiger partial charge on any atom is -0.463 e. The van der Waals surface area contributed by atoms with Crippen molar-refractivity contribution in [3.63, 3.8) is 0 Å². The van der Waals surface area contributed by atoms with E-state index in [4.69, 9.17) is 21.1 Å². The van der Waals surface area contributed by atoms with Crippen molar-refractivity contribution in [2.45, 2.75) is 39.8 Å². The molecular formula is C21H25ClN4O8. The Balaban J connectivity index is 2.20. The van der Waals surface area contributed by atoms with Gasteiger partial charge in [0.15, 0.2) is 0 Å². The van der Waals surface area contributed by atoms with Crippen LogP contribution in [0.15, 0.2) is 29.5 Å². The summed E-state index contributed by atoms with van der Waals surface area (Å²) in [6.07, 6.45) is 0. The van der Waals surface area contributed by atoms with Gasteiger partial charge in [0, 0.05) is 12.1 Å². The van der Waals surface area contributed by atoms with Crippen LogP contribution >= 0.6 is 11.6 Å².